The molecule has 1 fully saturated rings. The van der Waals surface area contributed by atoms with Gasteiger partial charge in [0, 0.05) is 51.6 Å². The first-order valence-corrected chi connectivity index (χ1v) is 13.6. The summed E-state index contributed by atoms with van der Waals surface area (Å²) in [6.07, 6.45) is 1.90. The van der Waals surface area contributed by atoms with Crippen molar-refractivity contribution in [2.75, 3.05) is 51.3 Å². The van der Waals surface area contributed by atoms with Crippen LogP contribution in [-0.2, 0) is 16.0 Å². The molecule has 0 spiro atoms. The lowest BCUT2D eigenvalue weighted by Crippen LogP contribution is -2.52. The van der Waals surface area contributed by atoms with E-state index in [2.05, 4.69) is 4.90 Å². The zero-order valence-corrected chi connectivity index (χ0v) is 23.0. The Labute approximate surface area is 221 Å². The number of carbonyl (C=O) groups excluding carboxylic acids is 2. The molecule has 1 aliphatic rings. The molecule has 3 rings (SSSR count). The predicted molar refractivity (Wildman–Crippen MR) is 147 cm³/mol. The average molecular weight is 512 g/mol. The highest BCUT2D eigenvalue weighted by molar-refractivity contribution is 5.84. The van der Waals surface area contributed by atoms with Crippen LogP contribution in [0.25, 0.3) is 0 Å². The number of piperazine rings is 1. The van der Waals surface area contributed by atoms with E-state index in [1.165, 1.54) is 6.07 Å². The van der Waals surface area contributed by atoms with Crippen molar-refractivity contribution in [3.05, 3.63) is 59.4 Å². The first-order valence-electron chi connectivity index (χ1n) is 13.6. The van der Waals surface area contributed by atoms with Crippen LogP contribution in [0.15, 0.2) is 42.5 Å². The monoisotopic (exact) mass is 511 g/mol. The van der Waals surface area contributed by atoms with E-state index in [9.17, 15) is 9.59 Å². The second-order valence-corrected chi connectivity index (χ2v) is 9.65. The van der Waals surface area contributed by atoms with Crippen LogP contribution in [0.2, 0.25) is 0 Å². The molecule has 0 aromatic heterocycles. The number of methoxy groups -OCH3 is 1. The van der Waals surface area contributed by atoms with Crippen LogP contribution in [0, 0.1) is 11.7 Å². The summed E-state index contributed by atoms with van der Waals surface area (Å²) in [6, 6.07) is 12.5. The van der Waals surface area contributed by atoms with Crippen LogP contribution in [0.4, 0.5) is 10.1 Å². The number of carbonyl (C=O) groups is 2. The average Bonchev–Trinajstić information content (AvgIpc) is 2.91. The summed E-state index contributed by atoms with van der Waals surface area (Å²) in [5.41, 5.74) is 2.21. The third-order valence-corrected chi connectivity index (χ3v) is 7.59. The summed E-state index contributed by atoms with van der Waals surface area (Å²) in [6.45, 7) is 11.8. The number of halogens is 1. The molecule has 0 aliphatic carbocycles. The van der Waals surface area contributed by atoms with E-state index in [4.69, 9.17) is 4.74 Å². The molecule has 0 bridgehead atoms. The number of ketones is 1. The van der Waals surface area contributed by atoms with Crippen molar-refractivity contribution in [1.82, 2.24) is 9.80 Å². The van der Waals surface area contributed by atoms with Crippen molar-refractivity contribution in [2.45, 2.75) is 53.0 Å². The SMILES string of the molecule is CCC(CC)C(=O)Cc1ccc(N2CCN(C(C(=O)N(CC)CC)c3ccc(OC)cc3)CC2)c(F)c1. The van der Waals surface area contributed by atoms with E-state index in [-0.39, 0.29) is 29.8 Å². The van der Waals surface area contributed by atoms with Crippen LogP contribution < -0.4 is 9.64 Å². The molecule has 7 heteroatoms. The van der Waals surface area contributed by atoms with Crippen LogP contribution in [0.5, 0.6) is 5.75 Å². The molecule has 6 nitrogen and oxygen atoms in total. The Bertz CT molecular complexity index is 1030. The minimum absolute atomic E-state index is 0.0357. The summed E-state index contributed by atoms with van der Waals surface area (Å²) in [4.78, 5) is 32.1. The van der Waals surface area contributed by atoms with Gasteiger partial charge < -0.3 is 14.5 Å². The molecule has 37 heavy (non-hydrogen) atoms. The molecule has 0 N–H and O–H groups in total. The van der Waals surface area contributed by atoms with Crippen LogP contribution >= 0.6 is 0 Å². The molecular weight excluding hydrogens is 469 g/mol. The van der Waals surface area contributed by atoms with Crippen molar-refractivity contribution in [1.29, 1.82) is 0 Å². The molecule has 202 valence electrons. The quantitative estimate of drug-likeness (QED) is 0.396. The first kappa shape index (κ1) is 28.6. The fraction of sp³-hybridized carbons (Fsp3) is 0.533. The van der Waals surface area contributed by atoms with E-state index >= 15 is 4.39 Å². The molecule has 1 aliphatic heterocycles. The Morgan fingerprint density at radius 1 is 0.946 bits per heavy atom. The van der Waals surface area contributed by atoms with Gasteiger partial charge in [0.25, 0.3) is 0 Å². The molecule has 0 saturated carbocycles. The van der Waals surface area contributed by atoms with Gasteiger partial charge in [-0.25, -0.2) is 4.39 Å². The lowest BCUT2D eigenvalue weighted by atomic mass is 9.93. The number of ether oxygens (including phenoxy) is 1. The molecule has 0 radical (unpaired) electrons. The van der Waals surface area contributed by atoms with Crippen molar-refractivity contribution < 1.29 is 18.7 Å². The third kappa shape index (κ3) is 6.89. The lowest BCUT2D eigenvalue weighted by Gasteiger charge is -2.41. The van der Waals surface area contributed by atoms with Gasteiger partial charge in [-0.2, -0.15) is 0 Å². The number of hydrogen-bond donors (Lipinski definition) is 0. The second kappa shape index (κ2) is 13.6. The zero-order chi connectivity index (χ0) is 26.9. The maximum absolute atomic E-state index is 15.1. The van der Waals surface area contributed by atoms with Gasteiger partial charge in [-0.15, -0.1) is 0 Å². The van der Waals surface area contributed by atoms with E-state index in [0.29, 0.717) is 45.0 Å². The topological polar surface area (TPSA) is 53.1 Å². The van der Waals surface area contributed by atoms with Gasteiger partial charge in [0.05, 0.1) is 12.8 Å². The minimum Gasteiger partial charge on any atom is -0.497 e. The minimum atomic E-state index is -0.392. The Kier molecular flexibility index (Phi) is 10.5. The van der Waals surface area contributed by atoms with Crippen LogP contribution in [0.1, 0.15) is 57.7 Å². The van der Waals surface area contributed by atoms with Crippen molar-refractivity contribution in [2.24, 2.45) is 5.92 Å². The van der Waals surface area contributed by atoms with Crippen molar-refractivity contribution in [3.63, 3.8) is 0 Å². The van der Waals surface area contributed by atoms with Gasteiger partial charge in [0.2, 0.25) is 5.91 Å². The normalized spacial score (nSPS) is 15.1. The number of Topliss-reactive ketones (excluding diaryl/α,β-unsaturated/α-hetero) is 1. The smallest absolute Gasteiger partial charge is 0.244 e. The number of nitrogens with zero attached hydrogens (tertiary/aromatic N) is 3. The highest BCUT2D eigenvalue weighted by Crippen LogP contribution is 2.29. The number of amides is 1. The first-order chi connectivity index (χ1) is 17.9. The summed E-state index contributed by atoms with van der Waals surface area (Å²) < 4.78 is 20.4. The molecule has 1 amide bonds. The molecule has 1 atom stereocenters. The lowest BCUT2D eigenvalue weighted by molar-refractivity contribution is -0.137. The molecule has 2 aromatic carbocycles. The maximum atomic E-state index is 15.1. The third-order valence-electron chi connectivity index (χ3n) is 7.59. The number of rotatable bonds is 12. The van der Waals surface area contributed by atoms with Gasteiger partial charge >= 0.3 is 0 Å². The van der Waals surface area contributed by atoms with Crippen molar-refractivity contribution >= 4 is 17.4 Å². The fourth-order valence-electron chi connectivity index (χ4n) is 5.23. The summed E-state index contributed by atoms with van der Waals surface area (Å²) >= 11 is 0. The van der Waals surface area contributed by atoms with Crippen LogP contribution in [0.3, 0.4) is 0 Å². The fourth-order valence-corrected chi connectivity index (χ4v) is 5.23. The summed E-state index contributed by atoms with van der Waals surface area (Å²) in [7, 11) is 1.63. The second-order valence-electron chi connectivity index (χ2n) is 9.65. The number of hydrogen-bond acceptors (Lipinski definition) is 5. The molecule has 2 aromatic rings. The summed E-state index contributed by atoms with van der Waals surface area (Å²) in [5, 5.41) is 0. The van der Waals surface area contributed by atoms with Gasteiger partial charge in [0.15, 0.2) is 0 Å². The van der Waals surface area contributed by atoms with Gasteiger partial charge in [-0.1, -0.05) is 32.0 Å². The van der Waals surface area contributed by atoms with E-state index in [0.717, 1.165) is 29.7 Å². The highest BCUT2D eigenvalue weighted by Gasteiger charge is 2.33. The number of anilines is 1. The molecule has 1 unspecified atom stereocenters. The van der Waals surface area contributed by atoms with E-state index in [1.54, 1.807) is 13.2 Å². The van der Waals surface area contributed by atoms with Crippen LogP contribution in [-0.4, -0.2) is 67.9 Å². The van der Waals surface area contributed by atoms with Gasteiger partial charge in [-0.05, 0) is 62.1 Å². The zero-order valence-electron chi connectivity index (χ0n) is 23.0. The van der Waals surface area contributed by atoms with E-state index in [1.807, 2.05) is 67.8 Å². The molecule has 1 heterocycles. The molecule has 1 saturated heterocycles. The van der Waals surface area contributed by atoms with Gasteiger partial charge in [0.1, 0.15) is 23.4 Å². The summed E-state index contributed by atoms with van der Waals surface area (Å²) in [5.74, 6) is 0.750. The van der Waals surface area contributed by atoms with E-state index < -0.39 is 6.04 Å². The number of benzene rings is 2. The Hall–Kier alpha value is -2.93. The molecular formula is C30H42FN3O3. The Morgan fingerprint density at radius 2 is 1.57 bits per heavy atom. The largest absolute Gasteiger partial charge is 0.497 e. The Balaban J connectivity index is 1.73. The Morgan fingerprint density at radius 3 is 2.08 bits per heavy atom. The maximum Gasteiger partial charge on any atom is 0.244 e. The standard InChI is InChI=1S/C30H42FN3O3/c1-6-23(7-2)28(35)21-22-10-15-27(26(31)20-22)33-16-18-34(19-17-33)29(30(36)32(8-3)9-4)24-11-13-25(37-5)14-12-24/h10-15,20,23,29H,6-9,16-19,21H2,1-5H3. The predicted octanol–water partition coefficient (Wildman–Crippen LogP) is 5.11. The number of likely N-dealkylation sites (N-methyl/N-ethyl adjacent to an activating group) is 1. The highest BCUT2D eigenvalue weighted by atomic mass is 19.1. The van der Waals surface area contributed by atoms with Crippen molar-refractivity contribution in [3.8, 4) is 5.75 Å². The van der Waals surface area contributed by atoms with Gasteiger partial charge in [-0.3, -0.25) is 14.5 Å².